The molecule has 0 aromatic carbocycles. The maximum atomic E-state index is 11.3. The van der Waals surface area contributed by atoms with Crippen molar-refractivity contribution in [3.8, 4) is 0 Å². The van der Waals surface area contributed by atoms with Crippen LogP contribution in [0.2, 0.25) is 0 Å². The first-order chi connectivity index (χ1) is 7.15. The van der Waals surface area contributed by atoms with Crippen LogP contribution < -0.4 is 10.4 Å². The van der Waals surface area contributed by atoms with Crippen molar-refractivity contribution in [1.29, 1.82) is 0 Å². The Hall–Kier alpha value is -0.660. The molecule has 0 aliphatic heterocycles. The monoisotopic (exact) mass is 212 g/mol. The van der Waals surface area contributed by atoms with E-state index in [1.54, 1.807) is 13.0 Å². The van der Waals surface area contributed by atoms with Gasteiger partial charge in [0.05, 0.1) is 0 Å². The Morgan fingerprint density at radius 1 is 1.27 bits per heavy atom. The van der Waals surface area contributed by atoms with Crippen molar-refractivity contribution < 1.29 is 5.11 Å². The molecule has 1 N–H and O–H groups in total. The van der Waals surface area contributed by atoms with Crippen molar-refractivity contribution in [3.63, 3.8) is 0 Å². The van der Waals surface area contributed by atoms with Gasteiger partial charge in [-0.25, -0.2) is 0 Å². The summed E-state index contributed by atoms with van der Waals surface area (Å²) in [5, 5.41) is 14.4. The largest absolute Gasteiger partial charge is 0.861 e. The molecule has 0 saturated heterocycles. The maximum Gasteiger partial charge on any atom is 0.0275 e. The van der Waals surface area contributed by atoms with Crippen molar-refractivity contribution in [1.82, 2.24) is 5.32 Å². The van der Waals surface area contributed by atoms with Gasteiger partial charge in [0, 0.05) is 6.04 Å². The third kappa shape index (κ3) is 6.43. The van der Waals surface area contributed by atoms with Crippen molar-refractivity contribution in [2.45, 2.75) is 65.8 Å². The number of hydrogen-bond donors (Lipinski definition) is 1. The van der Waals surface area contributed by atoms with Gasteiger partial charge in [0.1, 0.15) is 0 Å². The maximum absolute atomic E-state index is 11.3. The van der Waals surface area contributed by atoms with Crippen LogP contribution in [0.15, 0.2) is 12.0 Å². The minimum atomic E-state index is 0.0665. The number of hydrogen-bond acceptors (Lipinski definition) is 2. The first kappa shape index (κ1) is 14.3. The summed E-state index contributed by atoms with van der Waals surface area (Å²) in [5.41, 5.74) is 0. The molecule has 0 aromatic heterocycles. The summed E-state index contributed by atoms with van der Waals surface area (Å²) in [4.78, 5) is 0. The van der Waals surface area contributed by atoms with Gasteiger partial charge in [0.15, 0.2) is 0 Å². The number of nitrogens with one attached hydrogen (secondary N) is 1. The van der Waals surface area contributed by atoms with Crippen molar-refractivity contribution in [2.24, 2.45) is 5.92 Å². The van der Waals surface area contributed by atoms with Crippen LogP contribution in [0.4, 0.5) is 0 Å². The minimum Gasteiger partial charge on any atom is -0.861 e. The van der Waals surface area contributed by atoms with E-state index in [9.17, 15) is 5.11 Å². The van der Waals surface area contributed by atoms with E-state index in [4.69, 9.17) is 0 Å². The highest BCUT2D eigenvalue weighted by atomic mass is 16.3. The smallest absolute Gasteiger partial charge is 0.0275 e. The van der Waals surface area contributed by atoms with Crippen LogP contribution in [0.25, 0.3) is 0 Å². The van der Waals surface area contributed by atoms with Crippen LogP contribution >= 0.6 is 0 Å². The molecule has 2 heteroatoms. The second-order valence-electron chi connectivity index (χ2n) is 4.31. The zero-order valence-corrected chi connectivity index (χ0v) is 10.7. The number of allylic oxidation sites excluding steroid dienone is 1. The van der Waals surface area contributed by atoms with E-state index in [2.05, 4.69) is 26.1 Å². The molecule has 0 heterocycles. The van der Waals surface area contributed by atoms with E-state index in [1.807, 2.05) is 0 Å². The van der Waals surface area contributed by atoms with Gasteiger partial charge in [0.25, 0.3) is 0 Å². The average molecular weight is 212 g/mol. The topological polar surface area (TPSA) is 35.1 Å². The highest BCUT2D eigenvalue weighted by molar-refractivity contribution is 4.88. The molecule has 0 rings (SSSR count). The fourth-order valence-electron chi connectivity index (χ4n) is 1.80. The quantitative estimate of drug-likeness (QED) is 0.628. The van der Waals surface area contributed by atoms with Crippen LogP contribution in [0, 0.1) is 5.92 Å². The predicted molar refractivity (Wildman–Crippen MR) is 64.3 cm³/mol. The van der Waals surface area contributed by atoms with Crippen molar-refractivity contribution in [3.05, 3.63) is 12.0 Å². The Morgan fingerprint density at radius 3 is 2.40 bits per heavy atom. The summed E-state index contributed by atoms with van der Waals surface area (Å²) in [5.74, 6) is 0.658. The van der Waals surface area contributed by atoms with Gasteiger partial charge in [-0.15, -0.1) is 0 Å². The van der Waals surface area contributed by atoms with Crippen LogP contribution in [-0.4, -0.2) is 6.04 Å². The minimum absolute atomic E-state index is 0.0665. The van der Waals surface area contributed by atoms with E-state index in [1.165, 1.54) is 19.3 Å². The Kier molecular flexibility index (Phi) is 8.25. The fraction of sp³-hybridized carbons (Fsp3) is 0.846. The molecule has 0 fully saturated rings. The molecule has 0 aliphatic rings. The zero-order chi connectivity index (χ0) is 11.7. The molecule has 0 aliphatic carbocycles. The molecule has 0 aromatic rings. The summed E-state index contributed by atoms with van der Waals surface area (Å²) in [6.45, 7) is 8.41. The Morgan fingerprint density at radius 2 is 1.93 bits per heavy atom. The Balaban J connectivity index is 4.11. The molecule has 0 spiro atoms. The first-order valence-electron chi connectivity index (χ1n) is 6.25. The van der Waals surface area contributed by atoms with Crippen LogP contribution in [0.3, 0.4) is 0 Å². The highest BCUT2D eigenvalue weighted by Gasteiger charge is 2.14. The van der Waals surface area contributed by atoms with Gasteiger partial charge in [-0.1, -0.05) is 46.1 Å². The third-order valence-corrected chi connectivity index (χ3v) is 2.89. The van der Waals surface area contributed by atoms with Gasteiger partial charge in [-0.3, -0.25) is 0 Å². The number of unbranched alkanes of at least 4 members (excludes halogenated alkanes) is 1. The van der Waals surface area contributed by atoms with E-state index in [-0.39, 0.29) is 5.88 Å². The summed E-state index contributed by atoms with van der Waals surface area (Å²) >= 11 is 0. The lowest BCUT2D eigenvalue weighted by Gasteiger charge is -2.29. The second kappa shape index (κ2) is 8.63. The van der Waals surface area contributed by atoms with Gasteiger partial charge in [0.2, 0.25) is 0 Å². The molecule has 2 unspecified atom stereocenters. The lowest BCUT2D eigenvalue weighted by molar-refractivity contribution is -0.313. The first-order valence-corrected chi connectivity index (χ1v) is 6.25. The highest BCUT2D eigenvalue weighted by Crippen LogP contribution is 2.16. The Labute approximate surface area is 94.8 Å². The Bertz CT molecular complexity index is 177. The lowest BCUT2D eigenvalue weighted by Crippen LogP contribution is -2.38. The molecular formula is C13H26NO-. The summed E-state index contributed by atoms with van der Waals surface area (Å²) < 4.78 is 0. The summed E-state index contributed by atoms with van der Waals surface area (Å²) in [6, 6.07) is 0.352. The fourth-order valence-corrected chi connectivity index (χ4v) is 1.80. The molecule has 0 amide bonds. The van der Waals surface area contributed by atoms with Crippen molar-refractivity contribution >= 4 is 0 Å². The van der Waals surface area contributed by atoms with Crippen molar-refractivity contribution in [2.75, 3.05) is 0 Å². The average Bonchev–Trinajstić information content (AvgIpc) is 2.24. The lowest BCUT2D eigenvalue weighted by atomic mass is 9.92. The molecule has 2 nitrogen and oxygen atoms in total. The molecule has 90 valence electrons. The molecule has 0 radical (unpaired) electrons. The second-order valence-corrected chi connectivity index (χ2v) is 4.31. The number of rotatable bonds is 8. The SMILES string of the molecule is CC=C([O-])NC(CCC)C(C)CCCC. The molecular weight excluding hydrogens is 186 g/mol. The standard InChI is InChI=1S/C13H27NO/c1-5-8-10-11(4)12(9-6-2)14-13(15)7-3/h7,11-12,14-15H,5-6,8-10H2,1-4H3/p-1. The van der Waals surface area contributed by atoms with Gasteiger partial charge < -0.3 is 10.4 Å². The molecule has 0 bridgehead atoms. The predicted octanol–water partition coefficient (Wildman–Crippen LogP) is 2.79. The van der Waals surface area contributed by atoms with Crippen LogP contribution in [0.1, 0.15) is 59.8 Å². The van der Waals surface area contributed by atoms with E-state index in [0.717, 1.165) is 12.8 Å². The van der Waals surface area contributed by atoms with E-state index in [0.29, 0.717) is 12.0 Å². The van der Waals surface area contributed by atoms with Gasteiger partial charge >= 0.3 is 0 Å². The van der Waals surface area contributed by atoms with Crippen LogP contribution in [-0.2, 0) is 0 Å². The normalized spacial score (nSPS) is 16.1. The third-order valence-electron chi connectivity index (χ3n) is 2.89. The zero-order valence-electron chi connectivity index (χ0n) is 10.7. The molecule has 2 atom stereocenters. The van der Waals surface area contributed by atoms with Gasteiger partial charge in [-0.2, -0.15) is 0 Å². The van der Waals surface area contributed by atoms with E-state index < -0.39 is 0 Å². The summed E-state index contributed by atoms with van der Waals surface area (Å²) in [6.07, 6.45) is 7.53. The van der Waals surface area contributed by atoms with E-state index >= 15 is 0 Å². The molecule has 0 saturated carbocycles. The molecule has 15 heavy (non-hydrogen) atoms. The van der Waals surface area contributed by atoms with Crippen LogP contribution in [0.5, 0.6) is 0 Å². The summed E-state index contributed by atoms with van der Waals surface area (Å²) in [7, 11) is 0. The van der Waals surface area contributed by atoms with Gasteiger partial charge in [-0.05, 0) is 31.6 Å².